The van der Waals surface area contributed by atoms with E-state index in [-0.39, 0.29) is 30.4 Å². The summed E-state index contributed by atoms with van der Waals surface area (Å²) in [6, 6.07) is 6.34. The third kappa shape index (κ3) is 2.65. The molecule has 1 aliphatic carbocycles. The fourth-order valence-electron chi connectivity index (χ4n) is 3.54. The van der Waals surface area contributed by atoms with Crippen molar-refractivity contribution in [3.8, 4) is 0 Å². The average molecular weight is 347 g/mol. The Morgan fingerprint density at radius 3 is 2.76 bits per heavy atom. The van der Waals surface area contributed by atoms with Gasteiger partial charge in [-0.25, -0.2) is 13.2 Å². The van der Waals surface area contributed by atoms with Gasteiger partial charge in [-0.2, -0.15) is 0 Å². The van der Waals surface area contributed by atoms with Gasteiger partial charge in [-0.05, 0) is 37.0 Å². The van der Waals surface area contributed by atoms with Gasteiger partial charge in [0.15, 0.2) is 11.5 Å². The van der Waals surface area contributed by atoms with E-state index in [1.54, 1.807) is 18.3 Å². The Morgan fingerprint density at radius 2 is 2.04 bits per heavy atom. The number of halogens is 3. The smallest absolute Gasteiger partial charge is 0.195 e. The standard InChI is InChI=1S/C19H16F3NO2/c20-13-5-3-12(15(21)10-13)4-6-16(24)19(22)8-7-18(11-25-18)17-14(19)2-1-9-23-17/h1-3,5,9-10H,4,6-8,11H2/t18-,19+/m1/s1. The summed E-state index contributed by atoms with van der Waals surface area (Å²) in [4.78, 5) is 16.9. The molecule has 2 heterocycles. The molecule has 1 fully saturated rings. The SMILES string of the molecule is O=C(CCc1ccc(F)cc1F)[C@]1(F)CC[C@@]2(CO2)c2ncccc21. The van der Waals surface area contributed by atoms with Crippen molar-refractivity contribution < 1.29 is 22.7 Å². The summed E-state index contributed by atoms with van der Waals surface area (Å²) in [5, 5.41) is 0. The molecular formula is C19H16F3NO2. The summed E-state index contributed by atoms with van der Waals surface area (Å²) >= 11 is 0. The van der Waals surface area contributed by atoms with E-state index in [9.17, 15) is 13.6 Å². The molecule has 0 saturated carbocycles. The molecule has 2 aliphatic rings. The molecule has 1 spiro atoms. The minimum absolute atomic E-state index is 0.0217. The van der Waals surface area contributed by atoms with Crippen LogP contribution in [0.4, 0.5) is 13.2 Å². The fourth-order valence-corrected chi connectivity index (χ4v) is 3.54. The highest BCUT2D eigenvalue weighted by Crippen LogP contribution is 2.53. The predicted octanol–water partition coefficient (Wildman–Crippen LogP) is 3.75. The second kappa shape index (κ2) is 5.66. The first kappa shape index (κ1) is 16.3. The lowest BCUT2D eigenvalue weighted by atomic mass is 9.74. The van der Waals surface area contributed by atoms with Crippen LogP contribution >= 0.6 is 0 Å². The number of aryl methyl sites for hydroxylation is 1. The largest absolute Gasteiger partial charge is 0.363 e. The zero-order chi connectivity index (χ0) is 17.7. The van der Waals surface area contributed by atoms with Gasteiger partial charge in [0.05, 0.1) is 12.3 Å². The van der Waals surface area contributed by atoms with E-state index >= 15 is 4.39 Å². The number of ketones is 1. The number of pyridine rings is 1. The lowest BCUT2D eigenvalue weighted by Gasteiger charge is -2.33. The number of hydrogen-bond donors (Lipinski definition) is 0. The maximum absolute atomic E-state index is 15.6. The van der Waals surface area contributed by atoms with E-state index in [1.165, 1.54) is 6.07 Å². The number of alkyl halides is 1. The summed E-state index contributed by atoms with van der Waals surface area (Å²) in [6.07, 6.45) is 1.84. The number of epoxide rings is 1. The van der Waals surface area contributed by atoms with E-state index in [4.69, 9.17) is 4.74 Å². The van der Waals surface area contributed by atoms with E-state index in [1.807, 2.05) is 0 Å². The predicted molar refractivity (Wildman–Crippen MR) is 83.6 cm³/mol. The number of Topliss-reactive ketones (excluding diaryl/α,β-unsaturated/α-hetero) is 1. The molecule has 3 nitrogen and oxygen atoms in total. The van der Waals surface area contributed by atoms with Crippen LogP contribution in [0.3, 0.4) is 0 Å². The number of aromatic nitrogens is 1. The third-order valence-corrected chi connectivity index (χ3v) is 5.11. The Kier molecular flexibility index (Phi) is 3.68. The number of fused-ring (bicyclic) bond motifs is 2. The van der Waals surface area contributed by atoms with Gasteiger partial charge in [-0.3, -0.25) is 9.78 Å². The first-order valence-electron chi connectivity index (χ1n) is 8.21. The van der Waals surface area contributed by atoms with Crippen LogP contribution in [0.2, 0.25) is 0 Å². The number of carbonyl (C=O) groups excluding carboxylic acids is 1. The zero-order valence-electron chi connectivity index (χ0n) is 13.4. The second-order valence-corrected chi connectivity index (χ2v) is 6.64. The molecule has 1 aromatic heterocycles. The molecule has 130 valence electrons. The van der Waals surface area contributed by atoms with E-state index < -0.39 is 28.7 Å². The van der Waals surface area contributed by atoms with Crippen LogP contribution in [0.25, 0.3) is 0 Å². The van der Waals surface area contributed by atoms with Crippen LogP contribution < -0.4 is 0 Å². The number of carbonyl (C=O) groups is 1. The van der Waals surface area contributed by atoms with Crippen LogP contribution in [0, 0.1) is 11.6 Å². The third-order valence-electron chi connectivity index (χ3n) is 5.11. The van der Waals surface area contributed by atoms with Crippen molar-refractivity contribution in [3.63, 3.8) is 0 Å². The number of ether oxygens (including phenoxy) is 1. The van der Waals surface area contributed by atoms with Gasteiger partial charge in [-0.1, -0.05) is 12.1 Å². The normalized spacial score (nSPS) is 27.2. The van der Waals surface area contributed by atoms with Crippen LogP contribution in [0.1, 0.15) is 36.1 Å². The average Bonchev–Trinajstić information content (AvgIpc) is 3.39. The highest BCUT2D eigenvalue weighted by Gasteiger charge is 2.58. The lowest BCUT2D eigenvalue weighted by molar-refractivity contribution is -0.132. The number of rotatable bonds is 4. The molecule has 0 bridgehead atoms. The quantitative estimate of drug-likeness (QED) is 0.791. The van der Waals surface area contributed by atoms with Crippen LogP contribution in [0.15, 0.2) is 36.5 Å². The van der Waals surface area contributed by atoms with Crippen molar-refractivity contribution in [3.05, 3.63) is 65.0 Å². The second-order valence-electron chi connectivity index (χ2n) is 6.64. The maximum atomic E-state index is 15.6. The minimum Gasteiger partial charge on any atom is -0.363 e. The van der Waals surface area contributed by atoms with Gasteiger partial charge in [0.25, 0.3) is 0 Å². The van der Waals surface area contributed by atoms with Crippen LogP contribution in [0.5, 0.6) is 0 Å². The van der Waals surface area contributed by atoms with E-state index in [0.717, 1.165) is 12.1 Å². The Balaban J connectivity index is 1.57. The van der Waals surface area contributed by atoms with Gasteiger partial charge in [0.2, 0.25) is 0 Å². The summed E-state index contributed by atoms with van der Waals surface area (Å²) < 4.78 is 47.7. The van der Waals surface area contributed by atoms with Crippen molar-refractivity contribution in [2.45, 2.75) is 37.0 Å². The molecule has 2 aromatic rings. The molecule has 0 radical (unpaired) electrons. The monoisotopic (exact) mass is 347 g/mol. The van der Waals surface area contributed by atoms with Crippen molar-refractivity contribution in [2.75, 3.05) is 6.61 Å². The molecule has 1 saturated heterocycles. The van der Waals surface area contributed by atoms with Gasteiger partial charge in [0, 0.05) is 24.2 Å². The number of benzene rings is 1. The van der Waals surface area contributed by atoms with Crippen LogP contribution in [-0.4, -0.2) is 17.4 Å². The molecule has 4 rings (SSSR count). The summed E-state index contributed by atoms with van der Waals surface area (Å²) in [6.45, 7) is 0.488. The molecule has 25 heavy (non-hydrogen) atoms. The van der Waals surface area contributed by atoms with Crippen molar-refractivity contribution in [1.29, 1.82) is 0 Å². The van der Waals surface area contributed by atoms with Gasteiger partial charge in [-0.15, -0.1) is 0 Å². The molecule has 1 aliphatic heterocycles. The Labute approximate surface area is 142 Å². The fraction of sp³-hybridized carbons (Fsp3) is 0.368. The summed E-state index contributed by atoms with van der Waals surface area (Å²) in [7, 11) is 0. The van der Waals surface area contributed by atoms with E-state index in [0.29, 0.717) is 18.7 Å². The lowest BCUT2D eigenvalue weighted by Crippen LogP contribution is -2.39. The van der Waals surface area contributed by atoms with Crippen molar-refractivity contribution in [2.24, 2.45) is 0 Å². The topological polar surface area (TPSA) is 42.5 Å². The first-order valence-corrected chi connectivity index (χ1v) is 8.21. The summed E-state index contributed by atoms with van der Waals surface area (Å²) in [5.74, 6) is -2.02. The van der Waals surface area contributed by atoms with Gasteiger partial charge in [0.1, 0.15) is 17.2 Å². The molecule has 0 unspecified atom stereocenters. The molecule has 1 aromatic carbocycles. The Morgan fingerprint density at radius 1 is 1.24 bits per heavy atom. The maximum Gasteiger partial charge on any atom is 0.195 e. The molecule has 2 atom stereocenters. The first-order chi connectivity index (χ1) is 11.9. The van der Waals surface area contributed by atoms with E-state index in [2.05, 4.69) is 4.98 Å². The number of nitrogens with zero attached hydrogens (tertiary/aromatic N) is 1. The minimum atomic E-state index is -2.14. The zero-order valence-corrected chi connectivity index (χ0v) is 13.4. The van der Waals surface area contributed by atoms with Crippen molar-refractivity contribution in [1.82, 2.24) is 4.98 Å². The van der Waals surface area contributed by atoms with Crippen LogP contribution in [-0.2, 0) is 27.2 Å². The molecule has 0 N–H and O–H groups in total. The Bertz CT molecular complexity index is 850. The highest BCUT2D eigenvalue weighted by atomic mass is 19.1. The Hall–Kier alpha value is -2.21. The number of hydrogen-bond acceptors (Lipinski definition) is 3. The molecule has 0 amide bonds. The van der Waals surface area contributed by atoms with Gasteiger partial charge >= 0.3 is 0 Å². The molecule has 6 heteroatoms. The van der Waals surface area contributed by atoms with Crippen molar-refractivity contribution >= 4 is 5.78 Å². The highest BCUT2D eigenvalue weighted by molar-refractivity contribution is 5.89. The summed E-state index contributed by atoms with van der Waals surface area (Å²) in [5.41, 5.74) is -1.75. The molecular weight excluding hydrogens is 331 g/mol. The van der Waals surface area contributed by atoms with Gasteiger partial charge < -0.3 is 4.74 Å².